The predicted molar refractivity (Wildman–Crippen MR) is 55.9 cm³/mol. The fourth-order valence-corrected chi connectivity index (χ4v) is 1.96. The molecule has 0 radical (unpaired) electrons. The van der Waals surface area contributed by atoms with Gasteiger partial charge in [0.05, 0.1) is 6.54 Å². The first-order valence-electron chi connectivity index (χ1n) is 5.40. The van der Waals surface area contributed by atoms with E-state index in [1.54, 1.807) is 0 Å². The molecule has 0 aromatic rings. The minimum atomic E-state index is 0.455. The van der Waals surface area contributed by atoms with Crippen LogP contribution in [0.2, 0.25) is 0 Å². The van der Waals surface area contributed by atoms with Crippen LogP contribution in [0.15, 0.2) is 4.99 Å². The SMILES string of the molecule is CC(C)C1CC(NCC2=NCON2)C1. The molecule has 1 heterocycles. The number of hydroxylamine groups is 1. The van der Waals surface area contributed by atoms with E-state index in [1.807, 2.05) is 0 Å². The maximum atomic E-state index is 4.91. The van der Waals surface area contributed by atoms with E-state index in [2.05, 4.69) is 29.6 Å². The minimum absolute atomic E-state index is 0.455. The summed E-state index contributed by atoms with van der Waals surface area (Å²) < 4.78 is 0. The summed E-state index contributed by atoms with van der Waals surface area (Å²) in [6.45, 7) is 5.88. The Kier molecular flexibility index (Phi) is 3.03. The number of nitrogens with zero attached hydrogens (tertiary/aromatic N) is 1. The maximum Gasteiger partial charge on any atom is 0.166 e. The molecule has 0 bridgehead atoms. The molecule has 0 atom stereocenters. The smallest absolute Gasteiger partial charge is 0.166 e. The Morgan fingerprint density at radius 1 is 1.57 bits per heavy atom. The molecule has 1 aliphatic carbocycles. The fourth-order valence-electron chi connectivity index (χ4n) is 1.96. The van der Waals surface area contributed by atoms with Crippen LogP contribution >= 0.6 is 0 Å². The molecule has 4 nitrogen and oxygen atoms in total. The second-order valence-corrected chi connectivity index (χ2v) is 4.53. The molecule has 14 heavy (non-hydrogen) atoms. The van der Waals surface area contributed by atoms with Crippen molar-refractivity contribution in [3.05, 3.63) is 0 Å². The summed E-state index contributed by atoms with van der Waals surface area (Å²) in [4.78, 5) is 9.05. The molecule has 1 aliphatic heterocycles. The van der Waals surface area contributed by atoms with Crippen LogP contribution < -0.4 is 10.8 Å². The van der Waals surface area contributed by atoms with Gasteiger partial charge >= 0.3 is 0 Å². The highest BCUT2D eigenvalue weighted by Crippen LogP contribution is 2.33. The Bertz CT molecular complexity index is 221. The van der Waals surface area contributed by atoms with Crippen molar-refractivity contribution < 1.29 is 4.84 Å². The molecule has 4 heteroatoms. The summed E-state index contributed by atoms with van der Waals surface area (Å²) in [6, 6.07) is 0.687. The minimum Gasteiger partial charge on any atom is -0.307 e. The number of nitrogens with one attached hydrogen (secondary N) is 2. The molecule has 2 N–H and O–H groups in total. The Morgan fingerprint density at radius 3 is 2.93 bits per heavy atom. The highest BCUT2D eigenvalue weighted by atomic mass is 16.7. The zero-order valence-corrected chi connectivity index (χ0v) is 8.92. The predicted octanol–water partition coefficient (Wildman–Crippen LogP) is 0.901. The van der Waals surface area contributed by atoms with Crippen molar-refractivity contribution in [1.82, 2.24) is 10.8 Å². The Hall–Kier alpha value is -0.610. The monoisotopic (exact) mass is 197 g/mol. The van der Waals surface area contributed by atoms with Gasteiger partial charge in [0, 0.05) is 6.04 Å². The fraction of sp³-hybridized carbons (Fsp3) is 0.900. The number of aliphatic imine (C=N–C) groups is 1. The van der Waals surface area contributed by atoms with E-state index in [0.717, 1.165) is 24.2 Å². The van der Waals surface area contributed by atoms with Crippen LogP contribution in [0.4, 0.5) is 0 Å². The average molecular weight is 197 g/mol. The van der Waals surface area contributed by atoms with Gasteiger partial charge in [-0.05, 0) is 24.7 Å². The summed E-state index contributed by atoms with van der Waals surface area (Å²) in [5, 5.41) is 3.47. The van der Waals surface area contributed by atoms with Crippen LogP contribution in [0, 0.1) is 11.8 Å². The largest absolute Gasteiger partial charge is 0.307 e. The van der Waals surface area contributed by atoms with Gasteiger partial charge in [0.25, 0.3) is 0 Å². The van der Waals surface area contributed by atoms with Crippen LogP contribution in [0.1, 0.15) is 26.7 Å². The first-order valence-corrected chi connectivity index (χ1v) is 5.40. The van der Waals surface area contributed by atoms with E-state index in [1.165, 1.54) is 12.8 Å². The molecule has 1 fully saturated rings. The van der Waals surface area contributed by atoms with E-state index < -0.39 is 0 Å². The zero-order chi connectivity index (χ0) is 9.97. The quantitative estimate of drug-likeness (QED) is 0.704. The molecule has 2 aliphatic rings. The van der Waals surface area contributed by atoms with Crippen LogP contribution in [-0.4, -0.2) is 25.2 Å². The number of hydrogen-bond donors (Lipinski definition) is 2. The number of amidine groups is 1. The number of hydrogen-bond acceptors (Lipinski definition) is 4. The standard InChI is InChI=1S/C10H19N3O/c1-7(2)8-3-9(4-8)11-5-10-12-6-14-13-10/h7-9,11H,3-6H2,1-2H3,(H,12,13). The van der Waals surface area contributed by atoms with Gasteiger partial charge in [0.2, 0.25) is 0 Å². The lowest BCUT2D eigenvalue weighted by Crippen LogP contribution is -2.46. The van der Waals surface area contributed by atoms with Gasteiger partial charge in [0.1, 0.15) is 5.84 Å². The zero-order valence-electron chi connectivity index (χ0n) is 8.92. The molecule has 0 saturated heterocycles. The molecular formula is C10H19N3O. The third-order valence-corrected chi connectivity index (χ3v) is 3.19. The topological polar surface area (TPSA) is 45.7 Å². The normalized spacial score (nSPS) is 31.2. The molecule has 0 unspecified atom stereocenters. The van der Waals surface area contributed by atoms with Crippen molar-refractivity contribution >= 4 is 5.84 Å². The van der Waals surface area contributed by atoms with Crippen molar-refractivity contribution in [2.45, 2.75) is 32.7 Å². The van der Waals surface area contributed by atoms with Gasteiger partial charge in [-0.1, -0.05) is 13.8 Å². The van der Waals surface area contributed by atoms with Gasteiger partial charge in [-0.25, -0.2) is 10.5 Å². The van der Waals surface area contributed by atoms with E-state index in [9.17, 15) is 0 Å². The molecule has 0 spiro atoms. The van der Waals surface area contributed by atoms with E-state index in [4.69, 9.17) is 4.84 Å². The summed E-state index contributed by atoms with van der Waals surface area (Å²) in [7, 11) is 0. The van der Waals surface area contributed by atoms with Gasteiger partial charge in [-0.2, -0.15) is 0 Å². The average Bonchev–Trinajstić information content (AvgIpc) is 2.52. The Balaban J connectivity index is 1.60. The lowest BCUT2D eigenvalue weighted by atomic mass is 9.74. The van der Waals surface area contributed by atoms with Crippen molar-refractivity contribution in [1.29, 1.82) is 0 Å². The third-order valence-electron chi connectivity index (χ3n) is 3.19. The second-order valence-electron chi connectivity index (χ2n) is 4.53. The van der Waals surface area contributed by atoms with E-state index in [-0.39, 0.29) is 0 Å². The molecule has 1 saturated carbocycles. The van der Waals surface area contributed by atoms with E-state index in [0.29, 0.717) is 12.8 Å². The molecule has 0 amide bonds. The summed E-state index contributed by atoms with van der Waals surface area (Å²) in [5.74, 6) is 2.68. The molecular weight excluding hydrogens is 178 g/mol. The highest BCUT2D eigenvalue weighted by Gasteiger charge is 2.30. The Labute approximate surface area is 85.1 Å². The van der Waals surface area contributed by atoms with E-state index >= 15 is 0 Å². The first kappa shape index (κ1) is 9.93. The first-order chi connectivity index (χ1) is 6.75. The molecule has 0 aromatic heterocycles. The van der Waals surface area contributed by atoms with Gasteiger partial charge in [0.15, 0.2) is 6.73 Å². The summed E-state index contributed by atoms with van der Waals surface area (Å²) in [5.41, 5.74) is 2.78. The van der Waals surface area contributed by atoms with Crippen LogP contribution in [0.5, 0.6) is 0 Å². The second kappa shape index (κ2) is 4.28. The van der Waals surface area contributed by atoms with Crippen molar-refractivity contribution in [3.63, 3.8) is 0 Å². The van der Waals surface area contributed by atoms with Gasteiger partial charge in [-0.15, -0.1) is 0 Å². The molecule has 2 rings (SSSR count). The lowest BCUT2D eigenvalue weighted by molar-refractivity contribution is 0.113. The van der Waals surface area contributed by atoms with Crippen LogP contribution in [-0.2, 0) is 4.84 Å². The van der Waals surface area contributed by atoms with Crippen LogP contribution in [0.25, 0.3) is 0 Å². The van der Waals surface area contributed by atoms with Crippen LogP contribution in [0.3, 0.4) is 0 Å². The molecule has 0 aromatic carbocycles. The number of rotatable bonds is 4. The van der Waals surface area contributed by atoms with Gasteiger partial charge < -0.3 is 5.32 Å². The molecule has 80 valence electrons. The lowest BCUT2D eigenvalue weighted by Gasteiger charge is -2.38. The van der Waals surface area contributed by atoms with Gasteiger partial charge in [-0.3, -0.25) is 4.84 Å². The summed E-state index contributed by atoms with van der Waals surface area (Å²) in [6.07, 6.45) is 2.62. The maximum absolute atomic E-state index is 4.91. The Morgan fingerprint density at radius 2 is 2.36 bits per heavy atom. The van der Waals surface area contributed by atoms with Crippen molar-refractivity contribution in [3.8, 4) is 0 Å². The summed E-state index contributed by atoms with van der Waals surface area (Å²) >= 11 is 0. The third kappa shape index (κ3) is 2.25. The van der Waals surface area contributed by atoms with Crippen molar-refractivity contribution in [2.75, 3.05) is 13.3 Å². The van der Waals surface area contributed by atoms with Crippen molar-refractivity contribution in [2.24, 2.45) is 16.8 Å². The highest BCUT2D eigenvalue weighted by molar-refractivity contribution is 5.83.